The average Bonchev–Trinajstić information content (AvgIpc) is 2.47. The van der Waals surface area contributed by atoms with Crippen LogP contribution in [-0.4, -0.2) is 30.2 Å². The van der Waals surface area contributed by atoms with Crippen LogP contribution in [0.25, 0.3) is 0 Å². The molecule has 0 amide bonds. The predicted octanol–water partition coefficient (Wildman–Crippen LogP) is 1.78. The molecule has 4 nitrogen and oxygen atoms in total. The van der Waals surface area contributed by atoms with Crippen LogP contribution in [0.3, 0.4) is 0 Å². The molecule has 1 aromatic heterocycles. The Balaban J connectivity index is 2.81. The third-order valence-electron chi connectivity index (χ3n) is 2.18. The summed E-state index contributed by atoms with van der Waals surface area (Å²) < 4.78 is 0. The first-order valence-corrected chi connectivity index (χ1v) is 5.60. The molecule has 0 fully saturated rings. The number of rotatable bonds is 4. The minimum atomic E-state index is -0.755. The van der Waals surface area contributed by atoms with Crippen molar-refractivity contribution in [1.82, 2.24) is 4.98 Å². The molecule has 0 aromatic carbocycles. The van der Waals surface area contributed by atoms with E-state index in [-0.39, 0.29) is 5.92 Å². The van der Waals surface area contributed by atoms with Crippen molar-refractivity contribution in [2.75, 3.05) is 19.0 Å². The molecule has 1 unspecified atom stereocenters. The predicted molar refractivity (Wildman–Crippen MR) is 61.7 cm³/mol. The van der Waals surface area contributed by atoms with Crippen molar-refractivity contribution in [2.24, 2.45) is 5.92 Å². The number of thiazole rings is 1. The first-order valence-electron chi connectivity index (χ1n) is 4.78. The maximum Gasteiger partial charge on any atom is 0.306 e. The Hall–Kier alpha value is -1.10. The zero-order valence-corrected chi connectivity index (χ0v) is 10.3. The van der Waals surface area contributed by atoms with Gasteiger partial charge in [0.15, 0.2) is 5.13 Å². The van der Waals surface area contributed by atoms with Crippen LogP contribution in [0.4, 0.5) is 5.13 Å². The molecule has 0 spiro atoms. The second kappa shape index (κ2) is 4.61. The van der Waals surface area contributed by atoms with Crippen LogP contribution < -0.4 is 4.90 Å². The van der Waals surface area contributed by atoms with Gasteiger partial charge < -0.3 is 10.0 Å². The maximum absolute atomic E-state index is 10.7. The molecule has 1 N–H and O–H groups in total. The summed E-state index contributed by atoms with van der Waals surface area (Å²) in [6.07, 6.45) is 0.562. The first kappa shape index (κ1) is 12.0. The number of carboxylic acids is 1. The quantitative estimate of drug-likeness (QED) is 0.853. The third-order valence-corrected chi connectivity index (χ3v) is 3.52. The molecule has 84 valence electrons. The smallest absolute Gasteiger partial charge is 0.306 e. The number of carboxylic acid groups (broad SMARTS) is 1. The summed E-state index contributed by atoms with van der Waals surface area (Å²) in [6.45, 7) is 3.64. The summed E-state index contributed by atoms with van der Waals surface area (Å²) in [6, 6.07) is 0. The number of nitrogens with zero attached hydrogens (tertiary/aromatic N) is 2. The topological polar surface area (TPSA) is 53.4 Å². The van der Waals surface area contributed by atoms with Gasteiger partial charge >= 0.3 is 5.97 Å². The van der Waals surface area contributed by atoms with E-state index in [1.54, 1.807) is 18.3 Å². The van der Waals surface area contributed by atoms with Crippen LogP contribution in [0.2, 0.25) is 0 Å². The average molecular weight is 228 g/mol. The molecular formula is C10H16N2O2S. The lowest BCUT2D eigenvalue weighted by Gasteiger charge is -2.05. The fraction of sp³-hybridized carbons (Fsp3) is 0.600. The molecule has 15 heavy (non-hydrogen) atoms. The zero-order chi connectivity index (χ0) is 11.6. The van der Waals surface area contributed by atoms with Gasteiger partial charge in [-0.2, -0.15) is 0 Å². The lowest BCUT2D eigenvalue weighted by molar-refractivity contribution is -0.141. The van der Waals surface area contributed by atoms with Crippen LogP contribution in [-0.2, 0) is 11.2 Å². The van der Waals surface area contributed by atoms with Gasteiger partial charge in [-0.05, 0) is 13.3 Å². The second-order valence-corrected chi connectivity index (χ2v) is 4.90. The number of hydrogen-bond donors (Lipinski definition) is 1. The van der Waals surface area contributed by atoms with E-state index in [2.05, 4.69) is 4.98 Å². The van der Waals surface area contributed by atoms with Crippen molar-refractivity contribution in [3.05, 3.63) is 10.6 Å². The lowest BCUT2D eigenvalue weighted by Crippen LogP contribution is -2.11. The van der Waals surface area contributed by atoms with E-state index in [0.29, 0.717) is 6.42 Å². The molecule has 0 radical (unpaired) electrons. The zero-order valence-electron chi connectivity index (χ0n) is 9.44. The van der Waals surface area contributed by atoms with Crippen molar-refractivity contribution in [3.63, 3.8) is 0 Å². The SMILES string of the molecule is Cc1nc(N(C)C)sc1CC(C)C(=O)O. The Morgan fingerprint density at radius 2 is 2.20 bits per heavy atom. The van der Waals surface area contributed by atoms with Crippen molar-refractivity contribution in [1.29, 1.82) is 0 Å². The van der Waals surface area contributed by atoms with E-state index in [4.69, 9.17) is 5.11 Å². The molecule has 1 rings (SSSR count). The molecule has 0 aliphatic carbocycles. The van der Waals surface area contributed by atoms with Crippen LogP contribution >= 0.6 is 11.3 Å². The second-order valence-electron chi connectivity index (χ2n) is 3.84. The van der Waals surface area contributed by atoms with Crippen molar-refractivity contribution >= 4 is 22.4 Å². The van der Waals surface area contributed by atoms with Gasteiger partial charge in [-0.25, -0.2) is 4.98 Å². The first-order chi connectivity index (χ1) is 6.91. The van der Waals surface area contributed by atoms with Crippen LogP contribution in [0.15, 0.2) is 0 Å². The highest BCUT2D eigenvalue weighted by molar-refractivity contribution is 7.15. The molecule has 0 aliphatic heterocycles. The Bertz CT molecular complexity index is 360. The Morgan fingerprint density at radius 3 is 2.60 bits per heavy atom. The highest BCUT2D eigenvalue weighted by atomic mass is 32.1. The number of anilines is 1. The molecule has 0 saturated heterocycles. The van der Waals surface area contributed by atoms with Gasteiger partial charge in [0.25, 0.3) is 0 Å². The monoisotopic (exact) mass is 228 g/mol. The molecule has 5 heteroatoms. The molecule has 0 saturated carbocycles. The highest BCUT2D eigenvalue weighted by Crippen LogP contribution is 2.26. The van der Waals surface area contributed by atoms with Gasteiger partial charge in [0.2, 0.25) is 0 Å². The molecule has 1 heterocycles. The summed E-state index contributed by atoms with van der Waals surface area (Å²) in [4.78, 5) is 18.1. The molecule has 1 atom stereocenters. The van der Waals surface area contributed by atoms with Crippen molar-refractivity contribution < 1.29 is 9.90 Å². The van der Waals surface area contributed by atoms with E-state index >= 15 is 0 Å². The van der Waals surface area contributed by atoms with E-state index in [0.717, 1.165) is 15.7 Å². The molecule has 0 bridgehead atoms. The van der Waals surface area contributed by atoms with Crippen molar-refractivity contribution in [2.45, 2.75) is 20.3 Å². The maximum atomic E-state index is 10.7. The van der Waals surface area contributed by atoms with Crippen LogP contribution in [0.1, 0.15) is 17.5 Å². The summed E-state index contributed by atoms with van der Waals surface area (Å²) in [5.74, 6) is -1.10. The largest absolute Gasteiger partial charge is 0.481 e. The van der Waals surface area contributed by atoms with Gasteiger partial charge in [0, 0.05) is 19.0 Å². The van der Waals surface area contributed by atoms with Gasteiger partial charge in [-0.3, -0.25) is 4.79 Å². The number of carbonyl (C=O) groups is 1. The fourth-order valence-electron chi connectivity index (χ4n) is 1.16. The van der Waals surface area contributed by atoms with Gasteiger partial charge in [0.05, 0.1) is 11.6 Å². The van der Waals surface area contributed by atoms with Gasteiger partial charge in [0.1, 0.15) is 0 Å². The number of aryl methyl sites for hydroxylation is 1. The van der Waals surface area contributed by atoms with Crippen molar-refractivity contribution in [3.8, 4) is 0 Å². The van der Waals surface area contributed by atoms with Crippen LogP contribution in [0, 0.1) is 12.8 Å². The van der Waals surface area contributed by atoms with E-state index in [9.17, 15) is 4.79 Å². The summed E-state index contributed by atoms with van der Waals surface area (Å²) in [7, 11) is 3.87. The minimum absolute atomic E-state index is 0.348. The normalized spacial score (nSPS) is 12.5. The summed E-state index contributed by atoms with van der Waals surface area (Å²) in [5.41, 5.74) is 0.941. The summed E-state index contributed by atoms with van der Waals surface area (Å²) >= 11 is 1.56. The Kier molecular flexibility index (Phi) is 3.68. The molecular weight excluding hydrogens is 212 g/mol. The standard InChI is InChI=1S/C10H16N2O2S/c1-6(9(13)14)5-8-7(2)11-10(15-8)12(3)4/h6H,5H2,1-4H3,(H,13,14). The van der Waals surface area contributed by atoms with Crippen LogP contribution in [0.5, 0.6) is 0 Å². The lowest BCUT2D eigenvalue weighted by atomic mass is 10.1. The van der Waals surface area contributed by atoms with E-state index in [1.807, 2.05) is 25.9 Å². The fourth-order valence-corrected chi connectivity index (χ4v) is 2.27. The minimum Gasteiger partial charge on any atom is -0.481 e. The molecule has 0 aliphatic rings. The van der Waals surface area contributed by atoms with Gasteiger partial charge in [-0.15, -0.1) is 11.3 Å². The third kappa shape index (κ3) is 2.92. The number of aromatic nitrogens is 1. The summed E-state index contributed by atoms with van der Waals surface area (Å²) in [5, 5.41) is 9.75. The number of aliphatic carboxylic acids is 1. The highest BCUT2D eigenvalue weighted by Gasteiger charge is 2.16. The van der Waals surface area contributed by atoms with E-state index in [1.165, 1.54) is 0 Å². The van der Waals surface area contributed by atoms with Gasteiger partial charge in [-0.1, -0.05) is 6.92 Å². The number of hydrogen-bond acceptors (Lipinski definition) is 4. The Labute approximate surface area is 93.6 Å². The van der Waals surface area contributed by atoms with E-state index < -0.39 is 5.97 Å². The molecule has 1 aromatic rings. The Morgan fingerprint density at radius 1 is 1.60 bits per heavy atom.